The monoisotopic (exact) mass is 308 g/mol. The molecule has 0 saturated carbocycles. The third kappa shape index (κ3) is 2.72. The Kier molecular flexibility index (Phi) is 3.79. The first kappa shape index (κ1) is 14.1. The van der Waals surface area contributed by atoms with Gasteiger partial charge in [-0.05, 0) is 79.0 Å². The SMILES string of the molecule is O=C(CSc1ccc2c(c1)CCC2)c1ccc2c(c1)CCC2. The van der Waals surface area contributed by atoms with Crippen LogP contribution >= 0.6 is 11.8 Å². The lowest BCUT2D eigenvalue weighted by Gasteiger charge is -2.06. The molecule has 1 nitrogen and oxygen atoms in total. The Morgan fingerprint density at radius 1 is 0.818 bits per heavy atom. The molecule has 0 fully saturated rings. The molecule has 2 aliphatic carbocycles. The fourth-order valence-corrected chi connectivity index (χ4v) is 4.47. The Morgan fingerprint density at radius 3 is 2.23 bits per heavy atom. The van der Waals surface area contributed by atoms with Crippen LogP contribution in [0.5, 0.6) is 0 Å². The van der Waals surface area contributed by atoms with E-state index < -0.39 is 0 Å². The molecule has 0 atom stereocenters. The molecule has 22 heavy (non-hydrogen) atoms. The summed E-state index contributed by atoms with van der Waals surface area (Å²) in [5, 5.41) is 0. The summed E-state index contributed by atoms with van der Waals surface area (Å²) in [6.07, 6.45) is 7.23. The van der Waals surface area contributed by atoms with Crippen molar-refractivity contribution in [2.75, 3.05) is 5.75 Å². The molecule has 2 heteroatoms. The maximum absolute atomic E-state index is 12.4. The third-order valence-corrected chi connectivity index (χ3v) is 5.85. The number of rotatable bonds is 4. The number of hydrogen-bond acceptors (Lipinski definition) is 2. The summed E-state index contributed by atoms with van der Waals surface area (Å²) in [7, 11) is 0. The van der Waals surface area contributed by atoms with Gasteiger partial charge in [-0.3, -0.25) is 4.79 Å². The first-order chi connectivity index (χ1) is 10.8. The first-order valence-electron chi connectivity index (χ1n) is 8.19. The van der Waals surface area contributed by atoms with Crippen molar-refractivity contribution < 1.29 is 4.79 Å². The Labute approximate surface area is 136 Å². The van der Waals surface area contributed by atoms with E-state index in [0.717, 1.165) is 12.0 Å². The highest BCUT2D eigenvalue weighted by atomic mass is 32.2. The molecule has 0 aromatic heterocycles. The van der Waals surface area contributed by atoms with Crippen LogP contribution in [0.15, 0.2) is 41.3 Å². The van der Waals surface area contributed by atoms with Gasteiger partial charge in [0, 0.05) is 10.5 Å². The number of fused-ring (bicyclic) bond motifs is 2. The normalized spacial score (nSPS) is 15.6. The summed E-state index contributed by atoms with van der Waals surface area (Å²) in [5.74, 6) is 0.789. The zero-order valence-electron chi connectivity index (χ0n) is 12.7. The van der Waals surface area contributed by atoms with Gasteiger partial charge in [-0.2, -0.15) is 0 Å². The number of carbonyl (C=O) groups excluding carboxylic acids is 1. The van der Waals surface area contributed by atoms with Crippen LogP contribution in [0.1, 0.15) is 45.5 Å². The van der Waals surface area contributed by atoms with E-state index in [0.29, 0.717) is 5.75 Å². The van der Waals surface area contributed by atoms with Gasteiger partial charge in [0.05, 0.1) is 5.75 Å². The quantitative estimate of drug-likeness (QED) is 0.604. The molecule has 0 bridgehead atoms. The molecule has 0 amide bonds. The minimum Gasteiger partial charge on any atom is -0.293 e. The first-order valence-corrected chi connectivity index (χ1v) is 9.18. The van der Waals surface area contributed by atoms with Crippen LogP contribution in [-0.2, 0) is 25.7 Å². The molecule has 112 valence electrons. The minimum absolute atomic E-state index is 0.250. The Morgan fingerprint density at radius 2 is 1.45 bits per heavy atom. The molecule has 0 aliphatic heterocycles. The fraction of sp³-hybridized carbons (Fsp3) is 0.350. The highest BCUT2D eigenvalue weighted by Gasteiger charge is 2.15. The molecule has 0 heterocycles. The zero-order valence-corrected chi connectivity index (χ0v) is 13.5. The van der Waals surface area contributed by atoms with Gasteiger partial charge in [0.2, 0.25) is 0 Å². The molecule has 0 spiro atoms. The predicted octanol–water partition coefficient (Wildman–Crippen LogP) is 4.64. The molecule has 2 aliphatic rings. The zero-order chi connectivity index (χ0) is 14.9. The van der Waals surface area contributed by atoms with E-state index in [9.17, 15) is 4.79 Å². The van der Waals surface area contributed by atoms with Crippen molar-refractivity contribution in [3.63, 3.8) is 0 Å². The standard InChI is InChI=1S/C20H20OS/c21-20(18-8-7-14-3-1-5-16(14)11-18)13-22-19-10-9-15-4-2-6-17(15)12-19/h7-12H,1-6,13H2. The van der Waals surface area contributed by atoms with Crippen LogP contribution in [-0.4, -0.2) is 11.5 Å². The van der Waals surface area contributed by atoms with Crippen LogP contribution in [0.25, 0.3) is 0 Å². The van der Waals surface area contributed by atoms with Gasteiger partial charge in [-0.15, -0.1) is 11.8 Å². The van der Waals surface area contributed by atoms with Crippen LogP contribution in [0.3, 0.4) is 0 Å². The number of aryl methyl sites for hydroxylation is 4. The fourth-order valence-electron chi connectivity index (χ4n) is 3.62. The molecule has 0 N–H and O–H groups in total. The van der Waals surface area contributed by atoms with Gasteiger partial charge in [0.15, 0.2) is 5.78 Å². The van der Waals surface area contributed by atoms with Gasteiger partial charge in [-0.1, -0.05) is 18.2 Å². The van der Waals surface area contributed by atoms with Crippen LogP contribution in [0.4, 0.5) is 0 Å². The maximum Gasteiger partial charge on any atom is 0.173 e. The van der Waals surface area contributed by atoms with Crippen LogP contribution in [0, 0.1) is 0 Å². The predicted molar refractivity (Wildman–Crippen MR) is 92.0 cm³/mol. The summed E-state index contributed by atoms with van der Waals surface area (Å²) in [6, 6.07) is 13.0. The molecule has 0 saturated heterocycles. The smallest absolute Gasteiger partial charge is 0.173 e. The number of thioether (sulfide) groups is 1. The Bertz CT molecular complexity index is 732. The van der Waals surface area contributed by atoms with Crippen molar-refractivity contribution in [2.24, 2.45) is 0 Å². The number of Topliss-reactive ketones (excluding diaryl/α,β-unsaturated/α-hetero) is 1. The minimum atomic E-state index is 0.250. The van der Waals surface area contributed by atoms with E-state index in [4.69, 9.17) is 0 Å². The molecule has 2 aromatic rings. The van der Waals surface area contributed by atoms with E-state index in [1.807, 2.05) is 6.07 Å². The molecule has 0 radical (unpaired) electrons. The lowest BCUT2D eigenvalue weighted by molar-refractivity contribution is 0.102. The molecule has 0 unspecified atom stereocenters. The number of benzene rings is 2. The average molecular weight is 308 g/mol. The topological polar surface area (TPSA) is 17.1 Å². The van der Waals surface area contributed by atoms with E-state index in [1.54, 1.807) is 11.8 Å². The van der Waals surface area contributed by atoms with Crippen LogP contribution < -0.4 is 0 Å². The number of carbonyl (C=O) groups is 1. The summed E-state index contributed by atoms with van der Waals surface area (Å²) < 4.78 is 0. The Hall–Kier alpha value is -1.54. The highest BCUT2D eigenvalue weighted by Crippen LogP contribution is 2.28. The Balaban J connectivity index is 1.44. The molecular formula is C20H20OS. The molecular weight excluding hydrogens is 288 g/mol. The second-order valence-electron chi connectivity index (χ2n) is 6.33. The lowest BCUT2D eigenvalue weighted by atomic mass is 10.0. The van der Waals surface area contributed by atoms with Crippen molar-refractivity contribution in [1.82, 2.24) is 0 Å². The van der Waals surface area contributed by atoms with Crippen molar-refractivity contribution in [3.8, 4) is 0 Å². The molecule has 2 aromatic carbocycles. The number of ketones is 1. The summed E-state index contributed by atoms with van der Waals surface area (Å²) in [6.45, 7) is 0. The highest BCUT2D eigenvalue weighted by molar-refractivity contribution is 8.00. The third-order valence-electron chi connectivity index (χ3n) is 4.86. The van der Waals surface area contributed by atoms with Crippen molar-refractivity contribution in [1.29, 1.82) is 0 Å². The summed E-state index contributed by atoms with van der Waals surface area (Å²) in [5.41, 5.74) is 6.68. The van der Waals surface area contributed by atoms with E-state index in [1.165, 1.54) is 59.3 Å². The summed E-state index contributed by atoms with van der Waals surface area (Å²) in [4.78, 5) is 13.7. The van der Waals surface area contributed by atoms with Crippen molar-refractivity contribution in [2.45, 2.75) is 43.4 Å². The lowest BCUT2D eigenvalue weighted by Crippen LogP contribution is -2.03. The van der Waals surface area contributed by atoms with Crippen molar-refractivity contribution >= 4 is 17.5 Å². The van der Waals surface area contributed by atoms with Gasteiger partial charge < -0.3 is 0 Å². The largest absolute Gasteiger partial charge is 0.293 e. The summed E-state index contributed by atoms with van der Waals surface area (Å²) >= 11 is 1.67. The molecule has 4 rings (SSSR count). The van der Waals surface area contributed by atoms with Gasteiger partial charge in [-0.25, -0.2) is 0 Å². The van der Waals surface area contributed by atoms with Crippen molar-refractivity contribution in [3.05, 3.63) is 64.2 Å². The second-order valence-corrected chi connectivity index (χ2v) is 7.38. The van der Waals surface area contributed by atoms with Gasteiger partial charge in [0.25, 0.3) is 0 Å². The second kappa shape index (κ2) is 5.92. The van der Waals surface area contributed by atoms with E-state index in [2.05, 4.69) is 30.3 Å². The average Bonchev–Trinajstić information content (AvgIpc) is 3.19. The maximum atomic E-state index is 12.4. The van der Waals surface area contributed by atoms with Gasteiger partial charge >= 0.3 is 0 Å². The number of hydrogen-bond donors (Lipinski definition) is 0. The van der Waals surface area contributed by atoms with E-state index >= 15 is 0 Å². The van der Waals surface area contributed by atoms with Gasteiger partial charge in [0.1, 0.15) is 0 Å². The van der Waals surface area contributed by atoms with E-state index in [-0.39, 0.29) is 5.78 Å². The van der Waals surface area contributed by atoms with Crippen LogP contribution in [0.2, 0.25) is 0 Å².